The molecule has 0 radical (unpaired) electrons. The summed E-state index contributed by atoms with van der Waals surface area (Å²) in [6.07, 6.45) is 5.44. The van der Waals surface area contributed by atoms with Crippen LogP contribution in [0.25, 0.3) is 0 Å². The van der Waals surface area contributed by atoms with Gasteiger partial charge in [0.1, 0.15) is 11.3 Å². The lowest BCUT2D eigenvalue weighted by Gasteiger charge is -2.23. The lowest BCUT2D eigenvalue weighted by atomic mass is 9.95. The Bertz CT molecular complexity index is 821. The van der Waals surface area contributed by atoms with Gasteiger partial charge in [0.25, 0.3) is 5.91 Å². The monoisotopic (exact) mass is 427 g/mol. The maximum atomic E-state index is 12.9. The number of aromatic nitrogens is 1. The van der Waals surface area contributed by atoms with E-state index in [0.29, 0.717) is 24.4 Å². The molecule has 1 aliphatic rings. The minimum Gasteiger partial charge on any atom is -0.427 e. The second kappa shape index (κ2) is 11.2. The lowest BCUT2D eigenvalue weighted by Crippen LogP contribution is -2.35. The van der Waals surface area contributed by atoms with Gasteiger partial charge in [0.05, 0.1) is 0 Å². The number of rotatable bonds is 5. The summed E-state index contributed by atoms with van der Waals surface area (Å²) in [5, 5.41) is 3.32. The third kappa shape index (κ3) is 5.56. The molecule has 2 aromatic heterocycles. The van der Waals surface area contributed by atoms with Crippen LogP contribution in [0.3, 0.4) is 0 Å². The fraction of sp³-hybridized carbons (Fsp3) is 0.450. The van der Waals surface area contributed by atoms with Gasteiger partial charge in [-0.05, 0) is 62.6 Å². The van der Waals surface area contributed by atoms with E-state index in [9.17, 15) is 9.59 Å². The summed E-state index contributed by atoms with van der Waals surface area (Å²) in [7, 11) is 0. The van der Waals surface area contributed by atoms with Crippen LogP contribution in [0.2, 0.25) is 0 Å². The maximum absolute atomic E-state index is 12.9. The number of hydrogen-bond acceptors (Lipinski definition) is 5. The SMILES string of the molecule is CCN(Cc1ccncc1)C(=O)c1c(C)cc(C2CCCNC2)oc1=O.Cl.Cl. The van der Waals surface area contributed by atoms with Gasteiger partial charge in [-0.2, -0.15) is 0 Å². The first-order valence-corrected chi connectivity index (χ1v) is 9.13. The zero-order chi connectivity index (χ0) is 18.5. The number of nitrogens with one attached hydrogen (secondary N) is 1. The summed E-state index contributed by atoms with van der Waals surface area (Å²) in [4.78, 5) is 31.2. The van der Waals surface area contributed by atoms with Crippen molar-refractivity contribution in [2.75, 3.05) is 19.6 Å². The standard InChI is InChI=1S/C20H25N3O3.2ClH/c1-3-23(13-15-6-9-21-10-7-15)19(24)18-14(2)11-17(26-20(18)25)16-5-4-8-22-12-16;;/h6-7,9-11,16,22H,3-5,8,12-13H2,1-2H3;2*1H. The molecule has 28 heavy (non-hydrogen) atoms. The number of aryl methyl sites for hydroxylation is 1. The highest BCUT2D eigenvalue weighted by molar-refractivity contribution is 5.95. The van der Waals surface area contributed by atoms with Crippen molar-refractivity contribution in [2.24, 2.45) is 0 Å². The van der Waals surface area contributed by atoms with Crippen LogP contribution in [0.15, 0.2) is 39.8 Å². The predicted molar refractivity (Wildman–Crippen MR) is 114 cm³/mol. The quantitative estimate of drug-likeness (QED) is 0.791. The van der Waals surface area contributed by atoms with Gasteiger partial charge in [0.2, 0.25) is 0 Å². The molecule has 154 valence electrons. The molecule has 0 saturated carbocycles. The highest BCUT2D eigenvalue weighted by Gasteiger charge is 2.25. The van der Waals surface area contributed by atoms with Crippen molar-refractivity contribution in [3.63, 3.8) is 0 Å². The second-order valence-corrected chi connectivity index (χ2v) is 6.71. The first-order chi connectivity index (χ1) is 12.6. The van der Waals surface area contributed by atoms with Gasteiger partial charge in [-0.15, -0.1) is 24.8 Å². The minimum atomic E-state index is -0.538. The number of piperidine rings is 1. The fourth-order valence-corrected chi connectivity index (χ4v) is 3.38. The Morgan fingerprint density at radius 1 is 1.32 bits per heavy atom. The van der Waals surface area contributed by atoms with Crippen molar-refractivity contribution in [3.05, 3.63) is 63.5 Å². The van der Waals surface area contributed by atoms with Crippen molar-refractivity contribution in [2.45, 2.75) is 39.2 Å². The average Bonchev–Trinajstić information content (AvgIpc) is 2.67. The Morgan fingerprint density at radius 3 is 2.61 bits per heavy atom. The van der Waals surface area contributed by atoms with Crippen LogP contribution in [-0.2, 0) is 6.54 Å². The number of amides is 1. The van der Waals surface area contributed by atoms with E-state index in [4.69, 9.17) is 4.42 Å². The molecular weight excluding hydrogens is 401 g/mol. The van der Waals surface area contributed by atoms with Gasteiger partial charge >= 0.3 is 5.63 Å². The van der Waals surface area contributed by atoms with E-state index < -0.39 is 5.63 Å². The van der Waals surface area contributed by atoms with Crippen LogP contribution in [-0.4, -0.2) is 35.4 Å². The number of carbonyl (C=O) groups excluding carboxylic acids is 1. The molecule has 1 N–H and O–H groups in total. The van der Waals surface area contributed by atoms with E-state index in [1.807, 2.05) is 32.0 Å². The molecule has 1 aliphatic heterocycles. The Kier molecular flexibility index (Phi) is 9.65. The summed E-state index contributed by atoms with van der Waals surface area (Å²) >= 11 is 0. The van der Waals surface area contributed by atoms with E-state index in [2.05, 4.69) is 10.3 Å². The van der Waals surface area contributed by atoms with Crippen molar-refractivity contribution < 1.29 is 9.21 Å². The molecule has 3 heterocycles. The summed E-state index contributed by atoms with van der Waals surface area (Å²) in [5.41, 5.74) is 1.25. The van der Waals surface area contributed by atoms with Gasteiger partial charge in [-0.25, -0.2) is 4.79 Å². The predicted octanol–water partition coefficient (Wildman–Crippen LogP) is 3.32. The minimum absolute atomic E-state index is 0. The van der Waals surface area contributed by atoms with Crippen LogP contribution in [0, 0.1) is 6.92 Å². The Hall–Kier alpha value is -1.89. The molecule has 2 aromatic rings. The van der Waals surface area contributed by atoms with Crippen molar-refractivity contribution in [1.29, 1.82) is 0 Å². The van der Waals surface area contributed by atoms with Crippen LogP contribution in [0.5, 0.6) is 0 Å². The summed E-state index contributed by atoms with van der Waals surface area (Å²) in [6, 6.07) is 5.58. The first-order valence-electron chi connectivity index (χ1n) is 9.13. The molecule has 3 rings (SSSR count). The smallest absolute Gasteiger partial charge is 0.349 e. The van der Waals surface area contributed by atoms with Gasteiger partial charge in [0.15, 0.2) is 0 Å². The Morgan fingerprint density at radius 2 is 2.04 bits per heavy atom. The molecule has 0 aliphatic carbocycles. The molecule has 1 unspecified atom stereocenters. The summed E-state index contributed by atoms with van der Waals surface area (Å²) in [5.74, 6) is 0.579. The Balaban J connectivity index is 0.00000196. The molecule has 0 bridgehead atoms. The third-order valence-corrected chi connectivity index (χ3v) is 4.87. The van der Waals surface area contributed by atoms with Crippen molar-refractivity contribution in [3.8, 4) is 0 Å². The molecule has 8 heteroatoms. The largest absolute Gasteiger partial charge is 0.427 e. The van der Waals surface area contributed by atoms with E-state index in [1.165, 1.54) is 0 Å². The number of nitrogens with zero attached hydrogens (tertiary/aromatic N) is 2. The molecule has 1 fully saturated rings. The van der Waals surface area contributed by atoms with Gasteiger partial charge in [-0.3, -0.25) is 9.78 Å². The molecule has 1 atom stereocenters. The zero-order valence-electron chi connectivity index (χ0n) is 16.1. The van der Waals surface area contributed by atoms with E-state index in [-0.39, 0.29) is 42.2 Å². The highest BCUT2D eigenvalue weighted by atomic mass is 35.5. The second-order valence-electron chi connectivity index (χ2n) is 6.71. The topological polar surface area (TPSA) is 75.4 Å². The molecule has 1 amide bonds. The van der Waals surface area contributed by atoms with E-state index in [1.54, 1.807) is 17.3 Å². The van der Waals surface area contributed by atoms with Crippen LogP contribution in [0.1, 0.15) is 52.9 Å². The Labute approximate surface area is 177 Å². The van der Waals surface area contributed by atoms with Gasteiger partial charge < -0.3 is 14.6 Å². The molecule has 1 saturated heterocycles. The fourth-order valence-electron chi connectivity index (χ4n) is 3.38. The molecular formula is C20H27Cl2N3O3. The zero-order valence-corrected chi connectivity index (χ0v) is 17.8. The number of pyridine rings is 1. The van der Waals surface area contributed by atoms with E-state index in [0.717, 1.165) is 31.5 Å². The number of halogens is 2. The van der Waals surface area contributed by atoms with Gasteiger partial charge in [0, 0.05) is 37.9 Å². The maximum Gasteiger partial charge on any atom is 0.349 e. The lowest BCUT2D eigenvalue weighted by molar-refractivity contribution is 0.0746. The normalized spacial score (nSPS) is 15.9. The average molecular weight is 428 g/mol. The number of hydrogen-bond donors (Lipinski definition) is 1. The molecule has 6 nitrogen and oxygen atoms in total. The van der Waals surface area contributed by atoms with E-state index >= 15 is 0 Å². The van der Waals surface area contributed by atoms with Crippen LogP contribution in [0.4, 0.5) is 0 Å². The highest BCUT2D eigenvalue weighted by Crippen LogP contribution is 2.24. The summed E-state index contributed by atoms with van der Waals surface area (Å²) in [6.45, 7) is 6.46. The third-order valence-electron chi connectivity index (χ3n) is 4.87. The van der Waals surface area contributed by atoms with Crippen LogP contribution < -0.4 is 10.9 Å². The van der Waals surface area contributed by atoms with Crippen LogP contribution >= 0.6 is 24.8 Å². The van der Waals surface area contributed by atoms with Gasteiger partial charge in [-0.1, -0.05) is 0 Å². The van der Waals surface area contributed by atoms with Crippen molar-refractivity contribution in [1.82, 2.24) is 15.2 Å². The number of carbonyl (C=O) groups is 1. The molecule has 0 aromatic carbocycles. The summed E-state index contributed by atoms with van der Waals surface area (Å²) < 4.78 is 5.54. The first kappa shape index (κ1) is 24.1. The molecule has 0 spiro atoms. The van der Waals surface area contributed by atoms with Crippen molar-refractivity contribution >= 4 is 30.7 Å².